The third-order valence-corrected chi connectivity index (χ3v) is 6.53. The van der Waals surface area contributed by atoms with Gasteiger partial charge in [-0.05, 0) is 51.1 Å². The number of ether oxygens (including phenoxy) is 1. The van der Waals surface area contributed by atoms with E-state index in [-0.39, 0.29) is 18.7 Å². The number of pyridine rings is 3. The van der Waals surface area contributed by atoms with E-state index < -0.39 is 5.56 Å². The lowest BCUT2D eigenvalue weighted by Crippen LogP contribution is -2.23. The zero-order valence-electron chi connectivity index (χ0n) is 22.0. The van der Waals surface area contributed by atoms with Gasteiger partial charge in [-0.3, -0.25) is 14.8 Å². The van der Waals surface area contributed by atoms with Gasteiger partial charge in [0.2, 0.25) is 0 Å². The van der Waals surface area contributed by atoms with E-state index in [4.69, 9.17) is 21.3 Å². The molecule has 9 heteroatoms. The number of nitrogens with zero attached hydrogens (tertiary/aromatic N) is 6. The van der Waals surface area contributed by atoms with Gasteiger partial charge in [0.1, 0.15) is 35.6 Å². The van der Waals surface area contributed by atoms with Crippen molar-refractivity contribution in [1.82, 2.24) is 14.5 Å². The van der Waals surface area contributed by atoms with Crippen LogP contribution in [0.3, 0.4) is 0 Å². The molecule has 39 heavy (non-hydrogen) atoms. The van der Waals surface area contributed by atoms with Gasteiger partial charge in [0.05, 0.1) is 28.5 Å². The fourth-order valence-corrected chi connectivity index (χ4v) is 4.69. The zero-order valence-corrected chi connectivity index (χ0v) is 22.7. The molecule has 0 aliphatic carbocycles. The van der Waals surface area contributed by atoms with E-state index in [2.05, 4.69) is 16.0 Å². The van der Waals surface area contributed by atoms with Crippen molar-refractivity contribution in [2.45, 2.75) is 33.9 Å². The average Bonchev–Trinajstić information content (AvgIpc) is 2.92. The molecule has 0 fully saturated rings. The van der Waals surface area contributed by atoms with Gasteiger partial charge in [0.25, 0.3) is 5.56 Å². The van der Waals surface area contributed by atoms with E-state index in [0.717, 1.165) is 16.6 Å². The SMILES string of the molecule is C/C=C(/C#N)C(=NC)c1cc(C)nc2c(OCc3c(Cl)cc(C)nc3Cn3cccc(C#N)c3=O)cccc12. The number of aliphatic imine (C=N–C) groups is 1. The summed E-state index contributed by atoms with van der Waals surface area (Å²) in [6.45, 7) is 5.70. The number of aryl methyl sites for hydroxylation is 2. The topological polar surface area (TPSA) is 117 Å². The Labute approximate surface area is 231 Å². The Balaban J connectivity index is 1.76. The molecule has 4 aromatic rings. The molecule has 0 radical (unpaired) electrons. The van der Waals surface area contributed by atoms with Gasteiger partial charge in [0, 0.05) is 41.1 Å². The maximum Gasteiger partial charge on any atom is 0.268 e. The standard InChI is InChI=1S/C30H25ClN6O2/c1-5-20(14-32)28(34-4)23-12-18(2)36-29-22(23)9-6-10-27(29)39-17-24-25(31)13-19(3)35-26(24)16-37-11-7-8-21(15-33)30(37)38/h5-13H,16-17H2,1-4H3/b20-5-,34-28?. The van der Waals surface area contributed by atoms with Crippen molar-refractivity contribution in [1.29, 1.82) is 10.5 Å². The monoisotopic (exact) mass is 536 g/mol. The van der Waals surface area contributed by atoms with Gasteiger partial charge >= 0.3 is 0 Å². The molecule has 0 atom stereocenters. The van der Waals surface area contributed by atoms with Crippen molar-refractivity contribution in [3.63, 3.8) is 0 Å². The van der Waals surface area contributed by atoms with E-state index in [0.29, 0.717) is 44.5 Å². The van der Waals surface area contributed by atoms with E-state index in [1.807, 2.05) is 44.2 Å². The summed E-state index contributed by atoms with van der Waals surface area (Å²) < 4.78 is 7.70. The highest BCUT2D eigenvalue weighted by Crippen LogP contribution is 2.30. The maximum atomic E-state index is 12.7. The second-order valence-corrected chi connectivity index (χ2v) is 9.18. The Morgan fingerprint density at radius 3 is 2.62 bits per heavy atom. The Morgan fingerprint density at radius 2 is 1.92 bits per heavy atom. The summed E-state index contributed by atoms with van der Waals surface area (Å²) >= 11 is 6.63. The number of aromatic nitrogens is 3. The maximum absolute atomic E-state index is 12.7. The highest BCUT2D eigenvalue weighted by Gasteiger charge is 2.18. The lowest BCUT2D eigenvalue weighted by molar-refractivity contribution is 0.307. The third kappa shape index (κ3) is 5.57. The Kier molecular flexibility index (Phi) is 8.19. The number of para-hydroxylation sites is 1. The van der Waals surface area contributed by atoms with Crippen molar-refractivity contribution in [3.05, 3.63) is 109 Å². The molecule has 0 unspecified atom stereocenters. The average molecular weight is 537 g/mol. The first-order valence-corrected chi connectivity index (χ1v) is 12.5. The summed E-state index contributed by atoms with van der Waals surface area (Å²) in [4.78, 5) is 26.4. The summed E-state index contributed by atoms with van der Waals surface area (Å²) in [5.41, 5.74) is 4.72. The van der Waals surface area contributed by atoms with E-state index in [1.165, 1.54) is 10.6 Å². The van der Waals surface area contributed by atoms with Crippen molar-refractivity contribution in [3.8, 4) is 17.9 Å². The molecule has 0 saturated carbocycles. The largest absolute Gasteiger partial charge is 0.486 e. The first kappa shape index (κ1) is 27.3. The zero-order chi connectivity index (χ0) is 28.1. The van der Waals surface area contributed by atoms with Crippen molar-refractivity contribution >= 4 is 28.2 Å². The molecule has 0 amide bonds. The number of nitriles is 2. The van der Waals surface area contributed by atoms with Crippen LogP contribution in [0, 0.1) is 36.5 Å². The Morgan fingerprint density at radius 1 is 1.15 bits per heavy atom. The van der Waals surface area contributed by atoms with Crippen LogP contribution in [0.4, 0.5) is 0 Å². The predicted molar refractivity (Wildman–Crippen MR) is 151 cm³/mol. The van der Waals surface area contributed by atoms with Crippen LogP contribution >= 0.6 is 11.6 Å². The van der Waals surface area contributed by atoms with Gasteiger partial charge in [-0.15, -0.1) is 0 Å². The minimum atomic E-state index is -0.404. The van der Waals surface area contributed by atoms with E-state index >= 15 is 0 Å². The summed E-state index contributed by atoms with van der Waals surface area (Å²) in [7, 11) is 1.66. The lowest BCUT2D eigenvalue weighted by Gasteiger charge is -2.16. The van der Waals surface area contributed by atoms with Crippen LogP contribution in [0.1, 0.15) is 40.7 Å². The number of allylic oxidation sites excluding steroid dienone is 2. The van der Waals surface area contributed by atoms with Gasteiger partial charge in [-0.25, -0.2) is 4.98 Å². The second-order valence-electron chi connectivity index (χ2n) is 8.78. The number of halogens is 1. The molecule has 3 heterocycles. The molecule has 8 nitrogen and oxygen atoms in total. The molecular formula is C30H25ClN6O2. The second kappa shape index (κ2) is 11.7. The van der Waals surface area contributed by atoms with Crippen molar-refractivity contribution < 1.29 is 4.74 Å². The lowest BCUT2D eigenvalue weighted by atomic mass is 9.98. The van der Waals surface area contributed by atoms with Crippen LogP contribution in [-0.2, 0) is 13.2 Å². The number of benzene rings is 1. The minimum Gasteiger partial charge on any atom is -0.486 e. The third-order valence-electron chi connectivity index (χ3n) is 6.19. The van der Waals surface area contributed by atoms with E-state index in [1.54, 1.807) is 38.4 Å². The van der Waals surface area contributed by atoms with Crippen molar-refractivity contribution in [2.75, 3.05) is 7.05 Å². The summed E-state index contributed by atoms with van der Waals surface area (Å²) in [5.74, 6) is 0.526. The number of hydrogen-bond acceptors (Lipinski definition) is 7. The Bertz CT molecular complexity index is 1790. The molecule has 0 aliphatic rings. The van der Waals surface area contributed by atoms with Crippen LogP contribution in [0.2, 0.25) is 5.02 Å². The minimum absolute atomic E-state index is 0.0505. The number of hydrogen-bond donors (Lipinski definition) is 0. The molecular weight excluding hydrogens is 512 g/mol. The quantitative estimate of drug-likeness (QED) is 0.229. The molecule has 0 bridgehead atoms. The molecule has 194 valence electrons. The van der Waals surface area contributed by atoms with Crippen LogP contribution in [-0.4, -0.2) is 27.3 Å². The molecule has 3 aromatic heterocycles. The van der Waals surface area contributed by atoms with Crippen LogP contribution in [0.5, 0.6) is 5.75 Å². The van der Waals surface area contributed by atoms with Gasteiger partial charge in [-0.1, -0.05) is 29.8 Å². The smallest absolute Gasteiger partial charge is 0.268 e. The first-order chi connectivity index (χ1) is 18.8. The molecule has 0 N–H and O–H groups in total. The molecule has 1 aromatic carbocycles. The summed E-state index contributed by atoms with van der Waals surface area (Å²) in [5, 5.41) is 20.1. The van der Waals surface area contributed by atoms with E-state index in [9.17, 15) is 15.3 Å². The van der Waals surface area contributed by atoms with Crippen molar-refractivity contribution in [2.24, 2.45) is 4.99 Å². The van der Waals surface area contributed by atoms with Crippen LogP contribution < -0.4 is 10.3 Å². The Hall–Kier alpha value is -4.79. The van der Waals surface area contributed by atoms with Crippen LogP contribution in [0.25, 0.3) is 10.9 Å². The molecule has 0 spiro atoms. The van der Waals surface area contributed by atoms with Gasteiger partial charge in [0.15, 0.2) is 0 Å². The summed E-state index contributed by atoms with van der Waals surface area (Å²) in [6, 6.07) is 16.5. The number of rotatable bonds is 7. The fourth-order valence-electron chi connectivity index (χ4n) is 4.36. The van der Waals surface area contributed by atoms with Gasteiger partial charge in [-0.2, -0.15) is 10.5 Å². The predicted octanol–water partition coefficient (Wildman–Crippen LogP) is 5.45. The first-order valence-electron chi connectivity index (χ1n) is 12.1. The molecule has 0 saturated heterocycles. The normalized spacial score (nSPS) is 11.8. The fraction of sp³-hybridized carbons (Fsp3) is 0.200. The highest BCUT2D eigenvalue weighted by molar-refractivity contribution is 6.31. The van der Waals surface area contributed by atoms with Crippen LogP contribution in [0.15, 0.2) is 70.1 Å². The molecule has 4 rings (SSSR count). The highest BCUT2D eigenvalue weighted by atomic mass is 35.5. The summed E-state index contributed by atoms with van der Waals surface area (Å²) in [6.07, 6.45) is 3.34. The number of fused-ring (bicyclic) bond motifs is 1. The van der Waals surface area contributed by atoms with Gasteiger partial charge < -0.3 is 9.30 Å². The molecule has 0 aliphatic heterocycles.